The zero-order valence-electron chi connectivity index (χ0n) is 16.2. The minimum atomic E-state index is -1.13. The summed E-state index contributed by atoms with van der Waals surface area (Å²) in [7, 11) is 0. The topological polar surface area (TPSA) is 134 Å². The third kappa shape index (κ3) is 4.53. The van der Waals surface area contributed by atoms with Crippen molar-refractivity contribution in [2.45, 2.75) is 45.6 Å². The monoisotopic (exact) mass is 418 g/mol. The van der Waals surface area contributed by atoms with E-state index in [1.54, 1.807) is 6.92 Å². The zero-order chi connectivity index (χ0) is 21.0. The molecule has 0 aromatic carbocycles. The van der Waals surface area contributed by atoms with E-state index in [1.807, 2.05) is 0 Å². The van der Waals surface area contributed by atoms with Crippen LogP contribution in [-0.2, 0) is 27.1 Å². The summed E-state index contributed by atoms with van der Waals surface area (Å²) >= 11 is 1.36. The van der Waals surface area contributed by atoms with Gasteiger partial charge in [0.15, 0.2) is 17.6 Å². The van der Waals surface area contributed by atoms with Crippen molar-refractivity contribution in [1.82, 2.24) is 9.97 Å². The Hall–Kier alpha value is -3.01. The largest absolute Gasteiger partial charge is 0.462 e. The van der Waals surface area contributed by atoms with Gasteiger partial charge in [0.05, 0.1) is 12.2 Å². The van der Waals surface area contributed by atoms with Crippen LogP contribution in [-0.4, -0.2) is 40.5 Å². The van der Waals surface area contributed by atoms with Gasteiger partial charge in [0, 0.05) is 17.3 Å². The van der Waals surface area contributed by atoms with Crippen LogP contribution in [0.25, 0.3) is 0 Å². The molecule has 0 spiro atoms. The lowest BCUT2D eigenvalue weighted by Crippen LogP contribution is -2.31. The van der Waals surface area contributed by atoms with E-state index in [4.69, 9.17) is 15.2 Å². The van der Waals surface area contributed by atoms with Crippen molar-refractivity contribution in [3.63, 3.8) is 0 Å². The Morgan fingerprint density at radius 3 is 2.66 bits per heavy atom. The lowest BCUT2D eigenvalue weighted by molar-refractivity contribution is -0.123. The highest BCUT2D eigenvalue weighted by Gasteiger charge is 2.29. The molecule has 1 aliphatic carbocycles. The van der Waals surface area contributed by atoms with Gasteiger partial charge in [-0.25, -0.2) is 19.6 Å². The van der Waals surface area contributed by atoms with E-state index in [9.17, 15) is 14.4 Å². The van der Waals surface area contributed by atoms with Gasteiger partial charge >= 0.3 is 11.9 Å². The second-order valence-corrected chi connectivity index (χ2v) is 7.57. The summed E-state index contributed by atoms with van der Waals surface area (Å²) < 4.78 is 10.3. The third-order valence-corrected chi connectivity index (χ3v) is 5.67. The second-order valence-electron chi connectivity index (χ2n) is 6.46. The number of nitrogens with zero attached hydrogens (tertiary/aromatic N) is 2. The van der Waals surface area contributed by atoms with Crippen LogP contribution < -0.4 is 11.1 Å². The number of hydrogen-bond donors (Lipinski definition) is 2. The minimum Gasteiger partial charge on any atom is -0.462 e. The van der Waals surface area contributed by atoms with Crippen molar-refractivity contribution < 1.29 is 23.9 Å². The lowest BCUT2D eigenvalue weighted by Gasteiger charge is -2.14. The van der Waals surface area contributed by atoms with E-state index in [0.29, 0.717) is 10.6 Å². The van der Waals surface area contributed by atoms with E-state index in [-0.39, 0.29) is 18.1 Å². The van der Waals surface area contributed by atoms with Crippen LogP contribution in [0.1, 0.15) is 58.0 Å². The number of anilines is 2. The van der Waals surface area contributed by atoms with Crippen LogP contribution >= 0.6 is 11.3 Å². The molecule has 1 aliphatic rings. The maximum atomic E-state index is 12.6. The Balaban J connectivity index is 1.76. The number of esters is 2. The molecule has 9 nitrogen and oxygen atoms in total. The molecule has 1 amide bonds. The lowest BCUT2D eigenvalue weighted by atomic mass is 9.95. The summed E-state index contributed by atoms with van der Waals surface area (Å²) in [5.74, 6) is -1.96. The summed E-state index contributed by atoms with van der Waals surface area (Å²) in [6, 6.07) is 0. The molecular weight excluding hydrogens is 396 g/mol. The fourth-order valence-corrected chi connectivity index (χ4v) is 4.34. The van der Waals surface area contributed by atoms with E-state index in [0.717, 1.165) is 36.1 Å². The van der Waals surface area contributed by atoms with E-state index < -0.39 is 23.9 Å². The standard InChI is InChI=1S/C19H22N4O5S/c1-3-27-18(25)13-11-6-4-5-7-12(11)29-17(13)23-16(24)10(2)28-19(26)14-15(20)22-9-8-21-14/h8-10H,3-7H2,1-2H3,(H2,20,22)(H,23,24)/t10-/m1/s1. The minimum absolute atomic E-state index is 0.0827. The van der Waals surface area contributed by atoms with Crippen LogP contribution in [0.5, 0.6) is 0 Å². The van der Waals surface area contributed by atoms with Gasteiger partial charge in [0.25, 0.3) is 5.91 Å². The molecule has 0 saturated heterocycles. The van der Waals surface area contributed by atoms with Crippen LogP contribution in [0.15, 0.2) is 12.4 Å². The van der Waals surface area contributed by atoms with Gasteiger partial charge in [0.1, 0.15) is 5.00 Å². The van der Waals surface area contributed by atoms with Crippen LogP contribution in [0.3, 0.4) is 0 Å². The molecule has 2 aromatic heterocycles. The third-order valence-electron chi connectivity index (χ3n) is 4.46. The first-order chi connectivity index (χ1) is 13.9. The fourth-order valence-electron chi connectivity index (χ4n) is 3.06. The van der Waals surface area contributed by atoms with Crippen LogP contribution in [0, 0.1) is 0 Å². The molecule has 0 bridgehead atoms. The zero-order valence-corrected chi connectivity index (χ0v) is 17.0. The predicted octanol–water partition coefficient (Wildman–Crippen LogP) is 2.36. The Bertz CT molecular complexity index is 943. The molecule has 0 radical (unpaired) electrons. The highest BCUT2D eigenvalue weighted by Crippen LogP contribution is 2.38. The maximum Gasteiger partial charge on any atom is 0.361 e. The Morgan fingerprint density at radius 2 is 1.93 bits per heavy atom. The molecule has 0 aliphatic heterocycles. The highest BCUT2D eigenvalue weighted by atomic mass is 32.1. The van der Waals surface area contributed by atoms with Crippen molar-refractivity contribution in [2.24, 2.45) is 0 Å². The quantitative estimate of drug-likeness (QED) is 0.683. The normalized spacial score (nSPS) is 13.9. The van der Waals surface area contributed by atoms with Gasteiger partial charge in [-0.1, -0.05) is 0 Å². The summed E-state index contributed by atoms with van der Waals surface area (Å²) in [6.07, 6.45) is 5.17. The number of nitrogens with one attached hydrogen (secondary N) is 1. The van der Waals surface area contributed by atoms with Crippen LogP contribution in [0.2, 0.25) is 0 Å². The number of aryl methyl sites for hydroxylation is 1. The number of carbonyl (C=O) groups excluding carboxylic acids is 3. The molecule has 3 rings (SSSR count). The molecule has 154 valence electrons. The molecule has 1 atom stereocenters. The molecule has 0 unspecified atom stereocenters. The smallest absolute Gasteiger partial charge is 0.361 e. The SMILES string of the molecule is CCOC(=O)c1c(NC(=O)[C@@H](C)OC(=O)c2nccnc2N)sc2c1CCCC2. The van der Waals surface area contributed by atoms with Gasteiger partial charge in [-0.3, -0.25) is 4.79 Å². The number of amides is 1. The van der Waals surface area contributed by atoms with Crippen molar-refractivity contribution in [3.05, 3.63) is 34.1 Å². The van der Waals surface area contributed by atoms with Gasteiger partial charge < -0.3 is 20.5 Å². The second kappa shape index (κ2) is 8.99. The van der Waals surface area contributed by atoms with Crippen LogP contribution in [0.4, 0.5) is 10.8 Å². The number of nitrogen functional groups attached to an aromatic ring is 1. The van der Waals surface area contributed by atoms with Gasteiger partial charge in [0.2, 0.25) is 0 Å². The summed E-state index contributed by atoms with van der Waals surface area (Å²) in [5.41, 5.74) is 6.79. The molecule has 0 saturated carbocycles. The molecular formula is C19H22N4O5S. The number of ether oxygens (including phenoxy) is 2. The van der Waals surface area contributed by atoms with Crippen molar-refractivity contribution in [1.29, 1.82) is 0 Å². The van der Waals surface area contributed by atoms with Gasteiger partial charge in [-0.2, -0.15) is 0 Å². The Kier molecular flexibility index (Phi) is 6.42. The molecule has 3 N–H and O–H groups in total. The first-order valence-corrected chi connectivity index (χ1v) is 10.1. The first kappa shape index (κ1) is 20.7. The number of rotatable bonds is 6. The Morgan fingerprint density at radius 1 is 1.21 bits per heavy atom. The average molecular weight is 418 g/mol. The van der Waals surface area contributed by atoms with E-state index in [2.05, 4.69) is 15.3 Å². The fraction of sp³-hybridized carbons (Fsp3) is 0.421. The maximum absolute atomic E-state index is 12.6. The summed E-state index contributed by atoms with van der Waals surface area (Å²) in [5, 5.41) is 3.13. The number of carbonyl (C=O) groups is 3. The summed E-state index contributed by atoms with van der Waals surface area (Å²) in [4.78, 5) is 45.9. The predicted molar refractivity (Wildman–Crippen MR) is 107 cm³/mol. The number of thiophene rings is 1. The number of nitrogens with two attached hydrogens (primary N) is 1. The number of aromatic nitrogens is 2. The highest BCUT2D eigenvalue weighted by molar-refractivity contribution is 7.17. The molecule has 2 aromatic rings. The van der Waals surface area contributed by atoms with Gasteiger partial charge in [-0.15, -0.1) is 11.3 Å². The average Bonchev–Trinajstić information content (AvgIpc) is 3.06. The molecule has 10 heteroatoms. The first-order valence-electron chi connectivity index (χ1n) is 9.32. The Labute approximate surface area is 171 Å². The molecule has 2 heterocycles. The van der Waals surface area contributed by atoms with Crippen molar-refractivity contribution >= 4 is 40.0 Å². The number of hydrogen-bond acceptors (Lipinski definition) is 9. The molecule has 0 fully saturated rings. The van der Waals surface area contributed by atoms with Crippen molar-refractivity contribution in [2.75, 3.05) is 17.7 Å². The summed E-state index contributed by atoms with van der Waals surface area (Å²) in [6.45, 7) is 3.40. The molecule has 29 heavy (non-hydrogen) atoms. The van der Waals surface area contributed by atoms with E-state index >= 15 is 0 Å². The van der Waals surface area contributed by atoms with E-state index in [1.165, 1.54) is 30.7 Å². The van der Waals surface area contributed by atoms with Crippen molar-refractivity contribution in [3.8, 4) is 0 Å². The van der Waals surface area contributed by atoms with Gasteiger partial charge in [-0.05, 0) is 45.1 Å². The number of fused-ring (bicyclic) bond motifs is 1.